The summed E-state index contributed by atoms with van der Waals surface area (Å²) in [6.07, 6.45) is 1.26. The summed E-state index contributed by atoms with van der Waals surface area (Å²) in [7, 11) is 1.51. The summed E-state index contributed by atoms with van der Waals surface area (Å²) in [5.41, 5.74) is 2.42. The Kier molecular flexibility index (Phi) is 8.54. The van der Waals surface area contributed by atoms with Crippen LogP contribution in [0.5, 0.6) is 11.5 Å². The van der Waals surface area contributed by atoms with Gasteiger partial charge in [0.15, 0.2) is 11.5 Å². The lowest BCUT2D eigenvalue weighted by molar-refractivity contribution is -0.115. The van der Waals surface area contributed by atoms with Crippen LogP contribution in [-0.2, 0) is 4.79 Å². The Morgan fingerprint density at radius 2 is 1.87 bits per heavy atom. The number of benzene rings is 2. The fourth-order valence-corrected chi connectivity index (χ4v) is 2.93. The number of halogens is 1. The van der Waals surface area contributed by atoms with Gasteiger partial charge in [0.1, 0.15) is 0 Å². The molecule has 30 heavy (non-hydrogen) atoms. The zero-order valence-electron chi connectivity index (χ0n) is 18.1. The molecule has 2 aromatic rings. The van der Waals surface area contributed by atoms with Crippen LogP contribution < -0.4 is 20.1 Å². The molecular formula is C23H29ClN2O4. The molecule has 6 nitrogen and oxygen atoms in total. The minimum atomic E-state index is -0.342. The molecule has 0 atom stereocenters. The molecule has 2 rings (SSSR count). The van der Waals surface area contributed by atoms with Crippen LogP contribution in [0.3, 0.4) is 0 Å². The molecule has 162 valence electrons. The summed E-state index contributed by atoms with van der Waals surface area (Å²) in [5, 5.41) is 5.96. The molecule has 0 saturated carbocycles. The summed E-state index contributed by atoms with van der Waals surface area (Å²) in [6.45, 7) is 8.38. The molecule has 0 aliphatic carbocycles. The van der Waals surface area contributed by atoms with Gasteiger partial charge in [-0.15, -0.1) is 0 Å². The normalized spacial score (nSPS) is 10.6. The topological polar surface area (TPSA) is 76.7 Å². The fourth-order valence-electron chi connectivity index (χ4n) is 2.67. The van der Waals surface area contributed by atoms with Crippen molar-refractivity contribution in [2.24, 2.45) is 5.92 Å². The van der Waals surface area contributed by atoms with E-state index in [-0.39, 0.29) is 11.8 Å². The van der Waals surface area contributed by atoms with E-state index < -0.39 is 0 Å². The SMILES string of the molecule is CCC(=O)Nc1ccc(C)c(NC(=O)c2cc(Cl)c(OCCC(C)C)c(OC)c2)c1. The minimum absolute atomic E-state index is 0.0966. The lowest BCUT2D eigenvalue weighted by Gasteiger charge is -2.15. The molecule has 2 N–H and O–H groups in total. The van der Waals surface area contributed by atoms with Crippen molar-refractivity contribution in [2.75, 3.05) is 24.4 Å². The van der Waals surface area contributed by atoms with Gasteiger partial charge in [0, 0.05) is 23.4 Å². The Labute approximate surface area is 182 Å². The number of rotatable bonds is 9. The quantitative estimate of drug-likeness (QED) is 0.534. The van der Waals surface area contributed by atoms with Crippen LogP contribution in [0.2, 0.25) is 5.02 Å². The van der Waals surface area contributed by atoms with Gasteiger partial charge in [-0.2, -0.15) is 0 Å². The number of carbonyl (C=O) groups is 2. The number of carbonyl (C=O) groups excluding carboxylic acids is 2. The first kappa shape index (κ1) is 23.5. The number of hydrogen-bond acceptors (Lipinski definition) is 4. The number of methoxy groups -OCH3 is 1. The van der Waals surface area contributed by atoms with Gasteiger partial charge < -0.3 is 20.1 Å². The van der Waals surface area contributed by atoms with Gasteiger partial charge in [-0.05, 0) is 49.1 Å². The molecule has 0 aliphatic heterocycles. The standard InChI is InChI=1S/C23H29ClN2O4/c1-6-21(27)25-17-8-7-15(4)19(13-17)26-23(28)16-11-18(24)22(20(12-16)29-5)30-10-9-14(2)3/h7-8,11-14H,6,9-10H2,1-5H3,(H,25,27)(H,26,28). The second kappa shape index (κ2) is 10.9. The Balaban J connectivity index is 2.22. The molecule has 2 amide bonds. The zero-order valence-corrected chi connectivity index (χ0v) is 18.9. The zero-order chi connectivity index (χ0) is 22.3. The van der Waals surface area contributed by atoms with E-state index in [1.54, 1.807) is 31.2 Å². The number of hydrogen-bond donors (Lipinski definition) is 2. The Hall–Kier alpha value is -2.73. The molecule has 0 aromatic heterocycles. The molecule has 0 bridgehead atoms. The number of nitrogens with one attached hydrogen (secondary N) is 2. The van der Waals surface area contributed by atoms with Crippen molar-refractivity contribution >= 4 is 34.8 Å². The monoisotopic (exact) mass is 432 g/mol. The predicted molar refractivity (Wildman–Crippen MR) is 121 cm³/mol. The van der Waals surface area contributed by atoms with E-state index >= 15 is 0 Å². The van der Waals surface area contributed by atoms with E-state index in [2.05, 4.69) is 24.5 Å². The first-order valence-electron chi connectivity index (χ1n) is 9.97. The smallest absolute Gasteiger partial charge is 0.255 e. The van der Waals surface area contributed by atoms with Crippen molar-refractivity contribution in [3.05, 3.63) is 46.5 Å². The van der Waals surface area contributed by atoms with E-state index in [1.165, 1.54) is 7.11 Å². The summed E-state index contributed by atoms with van der Waals surface area (Å²) >= 11 is 6.37. The van der Waals surface area contributed by atoms with Gasteiger partial charge in [0.05, 0.1) is 18.7 Å². The lowest BCUT2D eigenvalue weighted by Crippen LogP contribution is -2.14. The second-order valence-corrected chi connectivity index (χ2v) is 7.81. The van der Waals surface area contributed by atoms with Crippen molar-refractivity contribution in [2.45, 2.75) is 40.5 Å². The first-order valence-corrected chi connectivity index (χ1v) is 10.3. The molecule has 0 fully saturated rings. The average Bonchev–Trinajstić information content (AvgIpc) is 2.70. The van der Waals surface area contributed by atoms with Crippen LogP contribution >= 0.6 is 11.6 Å². The van der Waals surface area contributed by atoms with Gasteiger partial charge in [-0.25, -0.2) is 0 Å². The number of ether oxygens (including phenoxy) is 2. The molecule has 0 heterocycles. The Morgan fingerprint density at radius 3 is 2.50 bits per heavy atom. The largest absolute Gasteiger partial charge is 0.493 e. The van der Waals surface area contributed by atoms with Crippen LogP contribution in [-0.4, -0.2) is 25.5 Å². The highest BCUT2D eigenvalue weighted by atomic mass is 35.5. The minimum Gasteiger partial charge on any atom is -0.493 e. The first-order chi connectivity index (χ1) is 14.2. The Morgan fingerprint density at radius 1 is 1.13 bits per heavy atom. The number of anilines is 2. The van der Waals surface area contributed by atoms with Crippen molar-refractivity contribution in [1.82, 2.24) is 0 Å². The molecule has 0 aliphatic rings. The van der Waals surface area contributed by atoms with Crippen molar-refractivity contribution < 1.29 is 19.1 Å². The maximum absolute atomic E-state index is 12.8. The summed E-state index contributed by atoms with van der Waals surface area (Å²) in [4.78, 5) is 24.5. The molecule has 0 unspecified atom stereocenters. The van der Waals surface area contributed by atoms with Gasteiger partial charge >= 0.3 is 0 Å². The molecular weight excluding hydrogens is 404 g/mol. The number of amides is 2. The van der Waals surface area contributed by atoms with Crippen LogP contribution in [0.1, 0.15) is 49.5 Å². The van der Waals surface area contributed by atoms with E-state index in [0.29, 0.717) is 52.4 Å². The van der Waals surface area contributed by atoms with Crippen molar-refractivity contribution in [3.63, 3.8) is 0 Å². The maximum Gasteiger partial charge on any atom is 0.255 e. The molecule has 2 aromatic carbocycles. The van der Waals surface area contributed by atoms with E-state index in [1.807, 2.05) is 13.0 Å². The second-order valence-electron chi connectivity index (χ2n) is 7.41. The van der Waals surface area contributed by atoms with E-state index in [9.17, 15) is 9.59 Å². The summed E-state index contributed by atoms with van der Waals surface area (Å²) < 4.78 is 11.2. The number of aryl methyl sites for hydroxylation is 1. The molecule has 0 radical (unpaired) electrons. The highest BCUT2D eigenvalue weighted by Gasteiger charge is 2.17. The van der Waals surface area contributed by atoms with E-state index in [0.717, 1.165) is 12.0 Å². The van der Waals surface area contributed by atoms with Crippen molar-refractivity contribution in [1.29, 1.82) is 0 Å². The van der Waals surface area contributed by atoms with Gasteiger partial charge in [0.25, 0.3) is 5.91 Å². The third-order valence-electron chi connectivity index (χ3n) is 4.52. The van der Waals surface area contributed by atoms with Crippen molar-refractivity contribution in [3.8, 4) is 11.5 Å². The fraction of sp³-hybridized carbons (Fsp3) is 0.391. The summed E-state index contributed by atoms with van der Waals surface area (Å²) in [5.74, 6) is 0.890. The third-order valence-corrected chi connectivity index (χ3v) is 4.80. The molecule has 0 saturated heterocycles. The highest BCUT2D eigenvalue weighted by Crippen LogP contribution is 2.37. The van der Waals surface area contributed by atoms with Crippen LogP contribution in [0.25, 0.3) is 0 Å². The third kappa shape index (κ3) is 6.39. The molecule has 7 heteroatoms. The van der Waals surface area contributed by atoms with Gasteiger partial charge in [0.2, 0.25) is 5.91 Å². The predicted octanol–water partition coefficient (Wildman–Crippen LogP) is 5.68. The van der Waals surface area contributed by atoms with E-state index in [4.69, 9.17) is 21.1 Å². The Bertz CT molecular complexity index is 912. The van der Waals surface area contributed by atoms with Crippen LogP contribution in [0.15, 0.2) is 30.3 Å². The summed E-state index contributed by atoms with van der Waals surface area (Å²) in [6, 6.07) is 8.51. The molecule has 0 spiro atoms. The van der Waals surface area contributed by atoms with Gasteiger partial charge in [-0.1, -0.05) is 38.4 Å². The lowest BCUT2D eigenvalue weighted by atomic mass is 10.1. The van der Waals surface area contributed by atoms with Gasteiger partial charge in [-0.3, -0.25) is 9.59 Å². The average molecular weight is 433 g/mol. The van der Waals surface area contributed by atoms with Crippen LogP contribution in [0.4, 0.5) is 11.4 Å². The maximum atomic E-state index is 12.8. The van der Waals surface area contributed by atoms with Crippen LogP contribution in [0, 0.1) is 12.8 Å². The highest BCUT2D eigenvalue weighted by molar-refractivity contribution is 6.32.